The van der Waals surface area contributed by atoms with Crippen LogP contribution in [-0.2, 0) is 17.9 Å². The number of rotatable bonds is 10. The Kier molecular flexibility index (Phi) is 9.87. The molecule has 12 heteroatoms. The topological polar surface area (TPSA) is 145 Å². The molecular formula is C37H35ClN8O3. The van der Waals surface area contributed by atoms with E-state index < -0.39 is 0 Å². The normalized spacial score (nSPS) is 11.1. The highest BCUT2D eigenvalue weighted by molar-refractivity contribution is 6.31. The maximum absolute atomic E-state index is 14.4. The molecule has 3 aromatic carbocycles. The van der Waals surface area contributed by atoms with Crippen LogP contribution in [0.25, 0.3) is 33.2 Å². The molecule has 0 unspecified atom stereocenters. The van der Waals surface area contributed by atoms with Crippen molar-refractivity contribution in [1.82, 2.24) is 34.2 Å². The van der Waals surface area contributed by atoms with Crippen LogP contribution in [0, 0.1) is 11.8 Å². The van der Waals surface area contributed by atoms with Crippen molar-refractivity contribution in [3.8, 4) is 28.8 Å². The molecule has 0 aliphatic carbocycles. The number of anilines is 1. The van der Waals surface area contributed by atoms with Gasteiger partial charge in [-0.05, 0) is 68.3 Å². The van der Waals surface area contributed by atoms with Gasteiger partial charge in [0.05, 0.1) is 22.8 Å². The summed E-state index contributed by atoms with van der Waals surface area (Å²) in [6, 6.07) is 19.4. The molecule has 6 aromatic rings. The van der Waals surface area contributed by atoms with Crippen LogP contribution >= 0.6 is 11.6 Å². The van der Waals surface area contributed by atoms with Crippen LogP contribution in [0.15, 0.2) is 77.9 Å². The number of carbonyl (C=O) groups is 1. The van der Waals surface area contributed by atoms with E-state index in [2.05, 4.69) is 21.8 Å². The summed E-state index contributed by atoms with van der Waals surface area (Å²) in [6.07, 6.45) is 2.94. The lowest BCUT2D eigenvalue weighted by atomic mass is 10.1. The lowest BCUT2D eigenvalue weighted by Gasteiger charge is -2.17. The number of nitrogens with zero attached hydrogens (tertiary/aromatic N) is 7. The van der Waals surface area contributed by atoms with Crippen LogP contribution in [0.2, 0.25) is 5.02 Å². The third kappa shape index (κ3) is 6.96. The van der Waals surface area contributed by atoms with Gasteiger partial charge in [-0.1, -0.05) is 47.7 Å². The summed E-state index contributed by atoms with van der Waals surface area (Å²) < 4.78 is 3.24. The first kappa shape index (κ1) is 33.2. The molecule has 0 atom stereocenters. The van der Waals surface area contributed by atoms with Crippen molar-refractivity contribution < 1.29 is 9.90 Å². The predicted molar refractivity (Wildman–Crippen MR) is 191 cm³/mol. The molecular weight excluding hydrogens is 640 g/mol. The van der Waals surface area contributed by atoms with Crippen molar-refractivity contribution in [1.29, 1.82) is 0 Å². The van der Waals surface area contributed by atoms with Crippen LogP contribution in [-0.4, -0.2) is 58.3 Å². The number of fused-ring (bicyclic) bond motifs is 2. The predicted octanol–water partition coefficient (Wildman–Crippen LogP) is 5.63. The van der Waals surface area contributed by atoms with E-state index in [0.29, 0.717) is 82.0 Å². The SMILES string of the molecule is CCN(CC)C(=O)CCCC#Cc1cccc2nc(Cn3nc(-c4ccc(O)cc4)c4c(N)ncnc43)n(Cc3ccccc3Cl)c(=O)c12. The van der Waals surface area contributed by atoms with Gasteiger partial charge in [0.25, 0.3) is 5.56 Å². The number of halogens is 1. The van der Waals surface area contributed by atoms with E-state index in [-0.39, 0.29) is 36.1 Å². The minimum atomic E-state index is -0.272. The minimum Gasteiger partial charge on any atom is -0.508 e. The third-order valence-electron chi connectivity index (χ3n) is 8.37. The number of nitrogen functional groups attached to an aromatic ring is 1. The lowest BCUT2D eigenvalue weighted by Crippen LogP contribution is -2.30. The average Bonchev–Trinajstić information content (AvgIpc) is 3.47. The lowest BCUT2D eigenvalue weighted by molar-refractivity contribution is -0.130. The van der Waals surface area contributed by atoms with Crippen LogP contribution < -0.4 is 11.3 Å². The van der Waals surface area contributed by atoms with Crippen molar-refractivity contribution in [3.63, 3.8) is 0 Å². The molecule has 6 rings (SSSR count). The van der Waals surface area contributed by atoms with Gasteiger partial charge >= 0.3 is 0 Å². The van der Waals surface area contributed by atoms with Gasteiger partial charge in [-0.25, -0.2) is 19.6 Å². The second kappa shape index (κ2) is 14.6. The number of phenolic OH excluding ortho intramolecular Hbond substituents is 1. The second-order valence-electron chi connectivity index (χ2n) is 11.4. The Morgan fingerprint density at radius 3 is 2.51 bits per heavy atom. The van der Waals surface area contributed by atoms with Crippen LogP contribution in [0.3, 0.4) is 0 Å². The van der Waals surface area contributed by atoms with Gasteiger partial charge in [-0.3, -0.25) is 14.2 Å². The molecule has 248 valence electrons. The Balaban J connectivity index is 1.42. The fourth-order valence-electron chi connectivity index (χ4n) is 5.81. The zero-order chi connectivity index (χ0) is 34.5. The molecule has 0 saturated heterocycles. The molecule has 3 N–H and O–H groups in total. The highest BCUT2D eigenvalue weighted by Crippen LogP contribution is 2.31. The van der Waals surface area contributed by atoms with E-state index in [1.807, 2.05) is 49.1 Å². The molecule has 0 aliphatic rings. The van der Waals surface area contributed by atoms with Gasteiger partial charge in [-0.15, -0.1) is 0 Å². The quantitative estimate of drug-likeness (QED) is 0.141. The summed E-state index contributed by atoms with van der Waals surface area (Å²) in [5.74, 6) is 7.24. The minimum absolute atomic E-state index is 0.0805. The van der Waals surface area contributed by atoms with E-state index in [4.69, 9.17) is 27.4 Å². The first-order chi connectivity index (χ1) is 23.8. The molecule has 0 spiro atoms. The molecule has 49 heavy (non-hydrogen) atoms. The Morgan fingerprint density at radius 1 is 0.980 bits per heavy atom. The monoisotopic (exact) mass is 674 g/mol. The van der Waals surface area contributed by atoms with E-state index in [1.165, 1.54) is 6.33 Å². The molecule has 3 heterocycles. The highest BCUT2D eigenvalue weighted by atomic mass is 35.5. The number of nitrogens with two attached hydrogens (primary N) is 1. The zero-order valence-electron chi connectivity index (χ0n) is 27.2. The largest absolute Gasteiger partial charge is 0.508 e. The molecule has 0 saturated carbocycles. The fraction of sp³-hybridized carbons (Fsp3) is 0.243. The first-order valence-electron chi connectivity index (χ1n) is 16.1. The maximum atomic E-state index is 14.4. The smallest absolute Gasteiger partial charge is 0.263 e. The number of hydrogen-bond donors (Lipinski definition) is 2. The molecule has 0 radical (unpaired) electrons. The fourth-order valence-corrected chi connectivity index (χ4v) is 6.01. The summed E-state index contributed by atoms with van der Waals surface area (Å²) in [6.45, 7) is 5.55. The molecule has 11 nitrogen and oxygen atoms in total. The van der Waals surface area contributed by atoms with E-state index in [1.54, 1.807) is 45.6 Å². The van der Waals surface area contributed by atoms with Gasteiger partial charge < -0.3 is 15.7 Å². The molecule has 1 amide bonds. The van der Waals surface area contributed by atoms with Crippen molar-refractivity contribution in [3.05, 3.63) is 105 Å². The Labute approximate surface area is 288 Å². The number of aromatic nitrogens is 6. The van der Waals surface area contributed by atoms with Crippen molar-refractivity contribution in [2.24, 2.45) is 0 Å². The van der Waals surface area contributed by atoms with Crippen molar-refractivity contribution in [2.75, 3.05) is 18.8 Å². The number of amides is 1. The van der Waals surface area contributed by atoms with Gasteiger partial charge in [0, 0.05) is 42.1 Å². The summed E-state index contributed by atoms with van der Waals surface area (Å²) in [5.41, 5.74) is 9.56. The third-order valence-corrected chi connectivity index (χ3v) is 8.74. The molecule has 3 aromatic heterocycles. The van der Waals surface area contributed by atoms with Crippen molar-refractivity contribution in [2.45, 2.75) is 46.2 Å². The van der Waals surface area contributed by atoms with Crippen molar-refractivity contribution >= 4 is 45.3 Å². The van der Waals surface area contributed by atoms with Gasteiger partial charge in [0.1, 0.15) is 36.0 Å². The molecule has 0 fully saturated rings. The number of aromatic hydroxyl groups is 1. The number of carbonyl (C=O) groups excluding carboxylic acids is 1. The average molecular weight is 675 g/mol. The number of hydrogen-bond acceptors (Lipinski definition) is 8. The van der Waals surface area contributed by atoms with Gasteiger partial charge in [-0.2, -0.15) is 5.10 Å². The summed E-state index contributed by atoms with van der Waals surface area (Å²) in [4.78, 5) is 42.3. The Morgan fingerprint density at radius 2 is 1.76 bits per heavy atom. The summed E-state index contributed by atoms with van der Waals surface area (Å²) in [5, 5.41) is 16.2. The summed E-state index contributed by atoms with van der Waals surface area (Å²) >= 11 is 6.57. The first-order valence-corrected chi connectivity index (χ1v) is 16.5. The second-order valence-corrected chi connectivity index (χ2v) is 11.8. The summed E-state index contributed by atoms with van der Waals surface area (Å²) in [7, 11) is 0. The van der Waals surface area contributed by atoms with Gasteiger partial charge in [0.2, 0.25) is 5.91 Å². The number of benzene rings is 3. The standard InChI is InChI=1S/C37H35ClN8O3/c1-3-44(4-2)31(48)16-7-5-6-11-24-13-10-15-29-32(24)37(49)45(21-26-12-8-9-14-28(26)38)30(42-29)22-46-36-33(35(39)40-23-41-36)34(43-46)25-17-19-27(47)20-18-25/h8-10,12-15,17-20,23,47H,3-5,7,16,21-22H2,1-2H3,(H2,39,40,41). The number of phenols is 1. The van der Waals surface area contributed by atoms with Gasteiger partial charge in [0.15, 0.2) is 5.65 Å². The van der Waals surface area contributed by atoms with E-state index >= 15 is 0 Å². The maximum Gasteiger partial charge on any atom is 0.263 e. The zero-order valence-corrected chi connectivity index (χ0v) is 28.0. The Hall–Kier alpha value is -5.73. The Bertz CT molecular complexity index is 2280. The van der Waals surface area contributed by atoms with E-state index in [9.17, 15) is 14.7 Å². The van der Waals surface area contributed by atoms with Crippen LogP contribution in [0.5, 0.6) is 5.75 Å². The highest BCUT2D eigenvalue weighted by Gasteiger charge is 2.21. The molecule has 0 aliphatic heterocycles. The molecule has 0 bridgehead atoms. The van der Waals surface area contributed by atoms with Crippen LogP contribution in [0.4, 0.5) is 5.82 Å². The number of unbranched alkanes of at least 4 members (excludes halogenated alkanes) is 1. The van der Waals surface area contributed by atoms with E-state index in [0.717, 1.165) is 5.56 Å². The van der Waals surface area contributed by atoms with Crippen LogP contribution in [0.1, 0.15) is 50.1 Å².